The van der Waals surface area contributed by atoms with Gasteiger partial charge in [-0.1, -0.05) is 20.8 Å². The van der Waals surface area contributed by atoms with Crippen LogP contribution in [-0.4, -0.2) is 83.4 Å². The molecule has 4 saturated carbocycles. The van der Waals surface area contributed by atoms with E-state index in [0.29, 0.717) is 35.8 Å². The van der Waals surface area contributed by atoms with E-state index in [4.69, 9.17) is 5.73 Å². The van der Waals surface area contributed by atoms with Crippen LogP contribution in [0.5, 0.6) is 0 Å². The van der Waals surface area contributed by atoms with Crippen molar-refractivity contribution in [1.82, 2.24) is 31.9 Å². The van der Waals surface area contributed by atoms with Crippen LogP contribution in [-0.2, 0) is 4.79 Å². The summed E-state index contributed by atoms with van der Waals surface area (Å²) >= 11 is 0. The second kappa shape index (κ2) is 18.1. The molecular formula is C37H73N7O. The van der Waals surface area contributed by atoms with Crippen LogP contribution in [0.1, 0.15) is 105 Å². The van der Waals surface area contributed by atoms with E-state index in [9.17, 15) is 4.79 Å². The Morgan fingerprint density at radius 3 is 1.98 bits per heavy atom. The Labute approximate surface area is 277 Å². The minimum atomic E-state index is 0.239. The fourth-order valence-corrected chi connectivity index (χ4v) is 10.9. The minimum absolute atomic E-state index is 0.239. The number of amides is 1. The third-order valence-electron chi connectivity index (χ3n) is 13.2. The highest BCUT2D eigenvalue weighted by atomic mass is 16.1. The molecule has 0 aliphatic heterocycles. The van der Waals surface area contributed by atoms with Gasteiger partial charge in [-0.15, -0.1) is 0 Å². The highest BCUT2D eigenvalue weighted by Gasteiger charge is 2.60. The van der Waals surface area contributed by atoms with Crippen molar-refractivity contribution in [2.24, 2.45) is 52.1 Å². The molecule has 0 aromatic carbocycles. The maximum atomic E-state index is 12.4. The molecule has 0 bridgehead atoms. The van der Waals surface area contributed by atoms with Crippen molar-refractivity contribution >= 4 is 5.91 Å². The van der Waals surface area contributed by atoms with E-state index < -0.39 is 0 Å². The fraction of sp³-hybridized carbons (Fsp3) is 0.973. The van der Waals surface area contributed by atoms with Gasteiger partial charge in [-0.25, -0.2) is 0 Å². The number of fused-ring (bicyclic) bond motifs is 5. The number of hydrogen-bond donors (Lipinski definition) is 7. The van der Waals surface area contributed by atoms with Gasteiger partial charge in [-0.3, -0.25) is 4.79 Å². The van der Waals surface area contributed by atoms with E-state index in [1.807, 2.05) is 0 Å². The van der Waals surface area contributed by atoms with Gasteiger partial charge in [-0.2, -0.15) is 0 Å². The van der Waals surface area contributed by atoms with Crippen molar-refractivity contribution in [3.63, 3.8) is 0 Å². The highest BCUT2D eigenvalue weighted by Crippen LogP contribution is 2.68. The predicted octanol–water partition coefficient (Wildman–Crippen LogP) is 3.86. The summed E-state index contributed by atoms with van der Waals surface area (Å²) in [6.07, 6.45) is 14.5. The lowest BCUT2D eigenvalue weighted by Crippen LogP contribution is -2.55. The molecule has 45 heavy (non-hydrogen) atoms. The van der Waals surface area contributed by atoms with Crippen molar-refractivity contribution in [3.8, 4) is 0 Å². The predicted molar refractivity (Wildman–Crippen MR) is 189 cm³/mol. The standard InChI is InChI=1S/C37H73N7O/c1-27(2)44-35(45)11-6-28(3)32-9-10-33-31-8-7-29-26-30(12-14-36(29,4)34(31)13-15-37(32,33)5)43-25-24-42-23-22-41-21-20-40-19-18-39-17-16-38/h27-34,39-43H,6-26,38H2,1-5H3,(H,44,45)/t28-,29?,30+,31?,32?,33?,34?,36+,37-/m1/s1. The first-order valence-electron chi connectivity index (χ1n) is 19.2. The van der Waals surface area contributed by atoms with Crippen LogP contribution in [0.2, 0.25) is 0 Å². The Morgan fingerprint density at radius 2 is 1.33 bits per heavy atom. The molecule has 0 spiro atoms. The SMILES string of the molecule is CC(C)NC(=O)CC[C@@H](C)C1CCC2C3CCC4C[C@@H](NCCNCCNCCNCCNCCN)CC[C@]4(C)C3CC[C@@]21C. The summed E-state index contributed by atoms with van der Waals surface area (Å²) < 4.78 is 0. The molecule has 0 heterocycles. The molecule has 8 N–H and O–H groups in total. The number of carbonyl (C=O) groups excluding carboxylic acids is 1. The molecule has 4 rings (SSSR count). The Bertz CT molecular complexity index is 872. The van der Waals surface area contributed by atoms with Crippen LogP contribution in [0.3, 0.4) is 0 Å². The first-order valence-corrected chi connectivity index (χ1v) is 19.2. The summed E-state index contributed by atoms with van der Waals surface area (Å²) in [5.41, 5.74) is 6.52. The largest absolute Gasteiger partial charge is 0.354 e. The van der Waals surface area contributed by atoms with Crippen molar-refractivity contribution in [3.05, 3.63) is 0 Å². The minimum Gasteiger partial charge on any atom is -0.354 e. The van der Waals surface area contributed by atoms with Crippen molar-refractivity contribution in [1.29, 1.82) is 0 Å². The van der Waals surface area contributed by atoms with E-state index in [1.54, 1.807) is 0 Å². The first-order chi connectivity index (χ1) is 21.7. The number of rotatable bonds is 20. The first kappa shape index (κ1) is 37.1. The van der Waals surface area contributed by atoms with Crippen LogP contribution in [0.4, 0.5) is 0 Å². The smallest absolute Gasteiger partial charge is 0.220 e. The number of nitrogens with one attached hydrogen (secondary N) is 6. The molecule has 0 aromatic heterocycles. The molecule has 5 unspecified atom stereocenters. The summed E-state index contributed by atoms with van der Waals surface area (Å²) in [6, 6.07) is 0.940. The Balaban J connectivity index is 1.12. The number of carbonyl (C=O) groups is 1. The van der Waals surface area contributed by atoms with Crippen molar-refractivity contribution in [2.75, 3.05) is 65.4 Å². The normalized spacial score (nSPS) is 35.1. The van der Waals surface area contributed by atoms with Gasteiger partial charge in [0, 0.05) is 84.0 Å². The van der Waals surface area contributed by atoms with Crippen LogP contribution in [0.25, 0.3) is 0 Å². The van der Waals surface area contributed by atoms with Gasteiger partial charge in [0.05, 0.1) is 0 Å². The third kappa shape index (κ3) is 9.88. The lowest BCUT2D eigenvalue weighted by atomic mass is 9.44. The molecule has 4 aliphatic carbocycles. The second-order valence-corrected chi connectivity index (χ2v) is 16.3. The molecule has 8 heteroatoms. The van der Waals surface area contributed by atoms with Crippen LogP contribution in [0.15, 0.2) is 0 Å². The molecule has 4 fully saturated rings. The molecule has 0 aromatic rings. The highest BCUT2D eigenvalue weighted by molar-refractivity contribution is 5.76. The summed E-state index contributed by atoms with van der Waals surface area (Å²) in [7, 11) is 0. The van der Waals surface area contributed by atoms with Crippen molar-refractivity contribution in [2.45, 2.75) is 117 Å². The Hall–Kier alpha value is -0.770. The van der Waals surface area contributed by atoms with Gasteiger partial charge >= 0.3 is 0 Å². The molecule has 0 saturated heterocycles. The van der Waals surface area contributed by atoms with Crippen LogP contribution in [0, 0.1) is 46.3 Å². The summed E-state index contributed by atoms with van der Waals surface area (Å²) in [6.45, 7) is 21.7. The summed E-state index contributed by atoms with van der Waals surface area (Å²) in [5, 5.41) is 20.9. The molecule has 9 atom stereocenters. The van der Waals surface area contributed by atoms with E-state index in [-0.39, 0.29) is 11.9 Å². The molecule has 4 aliphatic rings. The zero-order valence-corrected chi connectivity index (χ0v) is 30.0. The average Bonchev–Trinajstić information content (AvgIpc) is 3.37. The average molecular weight is 632 g/mol. The van der Waals surface area contributed by atoms with Gasteiger partial charge < -0.3 is 37.6 Å². The molecule has 0 radical (unpaired) electrons. The molecular weight excluding hydrogens is 558 g/mol. The lowest BCUT2D eigenvalue weighted by molar-refractivity contribution is -0.123. The Kier molecular flexibility index (Phi) is 14.9. The summed E-state index contributed by atoms with van der Waals surface area (Å²) in [5.74, 6) is 5.34. The quantitative estimate of drug-likeness (QED) is 0.102. The van der Waals surface area contributed by atoms with E-state index in [0.717, 1.165) is 94.9 Å². The maximum Gasteiger partial charge on any atom is 0.220 e. The van der Waals surface area contributed by atoms with Crippen molar-refractivity contribution < 1.29 is 4.79 Å². The topological polar surface area (TPSA) is 115 Å². The fourth-order valence-electron chi connectivity index (χ4n) is 10.9. The number of nitrogens with two attached hydrogens (primary N) is 1. The summed E-state index contributed by atoms with van der Waals surface area (Å²) in [4.78, 5) is 12.4. The van der Waals surface area contributed by atoms with E-state index >= 15 is 0 Å². The molecule has 8 nitrogen and oxygen atoms in total. The van der Waals surface area contributed by atoms with E-state index in [1.165, 1.54) is 57.8 Å². The lowest BCUT2D eigenvalue weighted by Gasteiger charge is -2.61. The van der Waals surface area contributed by atoms with E-state index in [2.05, 4.69) is 66.5 Å². The van der Waals surface area contributed by atoms with Crippen LogP contribution >= 0.6 is 0 Å². The van der Waals surface area contributed by atoms with Gasteiger partial charge in [0.15, 0.2) is 0 Å². The zero-order valence-electron chi connectivity index (χ0n) is 30.0. The van der Waals surface area contributed by atoms with Gasteiger partial charge in [0.1, 0.15) is 0 Å². The zero-order chi connectivity index (χ0) is 32.3. The molecule has 1 amide bonds. The van der Waals surface area contributed by atoms with Crippen LogP contribution < -0.4 is 37.6 Å². The maximum absolute atomic E-state index is 12.4. The second-order valence-electron chi connectivity index (χ2n) is 16.3. The number of hydrogen-bond acceptors (Lipinski definition) is 7. The van der Waals surface area contributed by atoms with Gasteiger partial charge in [0.2, 0.25) is 5.91 Å². The third-order valence-corrected chi connectivity index (χ3v) is 13.2. The van der Waals surface area contributed by atoms with Gasteiger partial charge in [0.25, 0.3) is 0 Å². The monoisotopic (exact) mass is 632 g/mol. The molecule has 262 valence electrons. The Morgan fingerprint density at radius 1 is 0.733 bits per heavy atom. The van der Waals surface area contributed by atoms with Gasteiger partial charge in [-0.05, 0) is 124 Å².